The van der Waals surface area contributed by atoms with Crippen LogP contribution >= 0.6 is 9.18 Å². The summed E-state index contributed by atoms with van der Waals surface area (Å²) in [6, 6.07) is 0. The van der Waals surface area contributed by atoms with Gasteiger partial charge in [-0.25, -0.2) is 10.1 Å². The van der Waals surface area contributed by atoms with E-state index in [1.807, 2.05) is 0 Å². The lowest BCUT2D eigenvalue weighted by Crippen LogP contribution is -1.96. The molecule has 1 unspecified atom stereocenters. The zero-order valence-electron chi connectivity index (χ0n) is 6.15. The summed E-state index contributed by atoms with van der Waals surface area (Å²) in [5.74, 6) is 1.64. The number of rotatable bonds is 5. The molecule has 4 nitrogen and oxygen atoms in total. The summed E-state index contributed by atoms with van der Waals surface area (Å²) in [5.41, 5.74) is 0. The van der Waals surface area contributed by atoms with Crippen molar-refractivity contribution in [2.24, 2.45) is 0 Å². The Morgan fingerprint density at radius 1 is 1.70 bits per heavy atom. The summed E-state index contributed by atoms with van der Waals surface area (Å²) in [7, 11) is -0.0548. The first-order valence-corrected chi connectivity index (χ1v) is 3.03. The van der Waals surface area contributed by atoms with Crippen molar-refractivity contribution in [1.29, 1.82) is 1.28 Å². The van der Waals surface area contributed by atoms with Crippen molar-refractivity contribution >= 4 is 9.18 Å². The van der Waals surface area contributed by atoms with Crippen molar-refractivity contribution in [2.45, 2.75) is 0 Å². The van der Waals surface area contributed by atoms with Crippen LogP contribution in [0.25, 0.3) is 0 Å². The SMILES string of the molecule is [3H]PC=CC=C(COO)OO. The summed E-state index contributed by atoms with van der Waals surface area (Å²) < 4.78 is 6.73. The fourth-order valence-corrected chi connectivity index (χ4v) is 0.420. The van der Waals surface area contributed by atoms with Gasteiger partial charge in [0.2, 0.25) is 0 Å². The number of allylic oxidation sites excluding steroid dienone is 2. The number of hydrogen-bond acceptors (Lipinski definition) is 4. The van der Waals surface area contributed by atoms with Crippen LogP contribution in [-0.2, 0) is 9.78 Å². The lowest BCUT2D eigenvalue weighted by Gasteiger charge is -1.97. The monoisotopic (exact) mass is 166 g/mol. The topological polar surface area (TPSA) is 58.9 Å². The predicted octanol–water partition coefficient (Wildman–Crippen LogP) is 1.24. The maximum atomic E-state index is 8.12. The molecule has 0 amide bonds. The van der Waals surface area contributed by atoms with Crippen LogP contribution in [0.1, 0.15) is 0 Å². The van der Waals surface area contributed by atoms with E-state index in [0.717, 1.165) is 0 Å². The first kappa shape index (κ1) is 7.69. The molecule has 0 radical (unpaired) electrons. The van der Waals surface area contributed by atoms with E-state index in [4.69, 9.17) is 11.8 Å². The molecule has 0 aromatic heterocycles. The van der Waals surface area contributed by atoms with E-state index in [1.54, 1.807) is 5.82 Å². The first-order valence-electron chi connectivity index (χ1n) is 2.96. The minimum atomic E-state index is -0.220. The molecule has 5 heteroatoms. The Morgan fingerprint density at radius 3 is 3.00 bits per heavy atom. The third-order valence-corrected chi connectivity index (χ3v) is 0.895. The van der Waals surface area contributed by atoms with Crippen LogP contribution in [-0.4, -0.2) is 18.4 Å². The van der Waals surface area contributed by atoms with Gasteiger partial charge < -0.3 is 4.89 Å². The Bertz CT molecular complexity index is 147. The largest absolute Gasteiger partial charge is 0.342 e. The highest BCUT2D eigenvalue weighted by atomic mass is 31.0. The second-order valence-electron chi connectivity index (χ2n) is 1.36. The molecule has 0 heterocycles. The van der Waals surface area contributed by atoms with Crippen LogP contribution in [0.15, 0.2) is 23.7 Å². The fourth-order valence-electron chi connectivity index (χ4n) is 0.324. The average molecular weight is 166 g/mol. The smallest absolute Gasteiger partial charge is 0.171 e. The molecule has 0 aromatic rings. The lowest BCUT2D eigenvalue weighted by molar-refractivity contribution is -0.268. The third-order valence-electron chi connectivity index (χ3n) is 0.702. The van der Waals surface area contributed by atoms with E-state index in [1.165, 1.54) is 12.2 Å². The van der Waals surface area contributed by atoms with Crippen LogP contribution in [0.4, 0.5) is 0 Å². The minimum Gasteiger partial charge on any atom is -0.342 e. The maximum absolute atomic E-state index is 8.12. The van der Waals surface area contributed by atoms with Crippen molar-refractivity contribution in [3.63, 3.8) is 0 Å². The molecule has 0 saturated carbocycles. The summed E-state index contributed by atoms with van der Waals surface area (Å²) in [6.45, 7) is -0.220. The van der Waals surface area contributed by atoms with E-state index < -0.39 is 0 Å². The molecule has 1 atom stereocenters. The van der Waals surface area contributed by atoms with E-state index >= 15 is 0 Å². The van der Waals surface area contributed by atoms with Crippen molar-refractivity contribution < 1.29 is 20.3 Å². The minimum absolute atomic E-state index is 0.0548. The van der Waals surface area contributed by atoms with Crippen LogP contribution in [0.5, 0.6) is 0 Å². The highest BCUT2D eigenvalue weighted by Gasteiger charge is 1.93. The first-order chi connectivity index (χ1) is 5.35. The van der Waals surface area contributed by atoms with Crippen LogP contribution < -0.4 is 0 Å². The van der Waals surface area contributed by atoms with Gasteiger partial charge >= 0.3 is 0 Å². The van der Waals surface area contributed by atoms with Crippen molar-refractivity contribution in [1.82, 2.24) is 0 Å². The van der Waals surface area contributed by atoms with Gasteiger partial charge in [-0.15, -0.1) is 9.18 Å². The predicted molar refractivity (Wildman–Crippen MR) is 39.2 cm³/mol. The molecule has 0 aliphatic carbocycles. The highest BCUT2D eigenvalue weighted by molar-refractivity contribution is 7.20. The molecule has 0 aliphatic heterocycles. The second-order valence-corrected chi connectivity index (χ2v) is 1.69. The molecule has 10 heavy (non-hydrogen) atoms. The van der Waals surface area contributed by atoms with Crippen LogP contribution in [0, 0.1) is 0 Å². The average Bonchev–Trinajstić information content (AvgIpc) is 2.03. The Hall–Kier alpha value is -0.410. The van der Waals surface area contributed by atoms with Crippen LogP contribution in [0.3, 0.4) is 0 Å². The Balaban J connectivity index is 3.79. The summed E-state index contributed by atoms with van der Waals surface area (Å²) in [4.78, 5) is 7.50. The number of hydrogen-bond donors (Lipinski definition) is 2. The molecular formula is C5H9O4P. The highest BCUT2D eigenvalue weighted by Crippen LogP contribution is 1.96. The summed E-state index contributed by atoms with van der Waals surface area (Å²) in [5, 5.41) is 16.1. The van der Waals surface area contributed by atoms with E-state index in [2.05, 4.69) is 9.78 Å². The van der Waals surface area contributed by atoms with Crippen molar-refractivity contribution in [3.05, 3.63) is 23.7 Å². The zero-order valence-corrected chi connectivity index (χ0v) is 6.15. The normalized spacial score (nSPS) is 15.0. The van der Waals surface area contributed by atoms with Gasteiger partial charge in [-0.05, 0) is 6.08 Å². The molecular weight excluding hydrogens is 155 g/mol. The van der Waals surface area contributed by atoms with E-state index in [-0.39, 0.29) is 21.6 Å². The fraction of sp³-hybridized carbons (Fsp3) is 0.200. The van der Waals surface area contributed by atoms with Crippen LogP contribution in [0.2, 0.25) is 0 Å². The quantitative estimate of drug-likeness (QED) is 0.212. The Labute approximate surface area is 62.1 Å². The van der Waals surface area contributed by atoms with Gasteiger partial charge in [0.25, 0.3) is 0 Å². The molecule has 0 spiro atoms. The van der Waals surface area contributed by atoms with Crippen molar-refractivity contribution in [3.8, 4) is 0 Å². The standard InChI is InChI=1S/C5H9O4P/c6-8-4-5(9-7)2-1-3-10/h1-3,6-7H,4,10H2/i10T. The molecule has 2 N–H and O–H groups in total. The van der Waals surface area contributed by atoms with Gasteiger partial charge in [0.1, 0.15) is 6.61 Å². The molecule has 0 saturated heterocycles. The second kappa shape index (κ2) is 6.71. The van der Waals surface area contributed by atoms with Gasteiger partial charge in [-0.2, -0.15) is 0 Å². The molecule has 0 rings (SSSR count). The van der Waals surface area contributed by atoms with Gasteiger partial charge in [-0.3, -0.25) is 5.26 Å². The van der Waals surface area contributed by atoms with Gasteiger partial charge in [0.05, 0.1) is 1.28 Å². The molecule has 0 fully saturated rings. The third kappa shape index (κ3) is 4.47. The van der Waals surface area contributed by atoms with Gasteiger partial charge in [0, 0.05) is 0 Å². The molecule has 0 aromatic carbocycles. The lowest BCUT2D eigenvalue weighted by atomic mass is 10.4. The van der Waals surface area contributed by atoms with Gasteiger partial charge in [0.15, 0.2) is 5.76 Å². The summed E-state index contributed by atoms with van der Waals surface area (Å²) >= 11 is 0. The summed E-state index contributed by atoms with van der Waals surface area (Å²) in [6.07, 6.45) is 2.91. The van der Waals surface area contributed by atoms with E-state index in [0.29, 0.717) is 0 Å². The Kier molecular flexibility index (Phi) is 5.16. The Morgan fingerprint density at radius 2 is 2.50 bits per heavy atom. The molecule has 58 valence electrons. The maximum Gasteiger partial charge on any atom is 0.171 e. The van der Waals surface area contributed by atoms with Crippen molar-refractivity contribution in [2.75, 3.05) is 6.61 Å². The van der Waals surface area contributed by atoms with E-state index in [9.17, 15) is 0 Å². The zero-order chi connectivity index (χ0) is 8.53. The molecule has 0 bridgehead atoms. The molecule has 0 aliphatic rings. The van der Waals surface area contributed by atoms with Gasteiger partial charge in [-0.1, -0.05) is 11.9 Å².